The molecule has 4 aliphatic heterocycles. The fourth-order valence-corrected chi connectivity index (χ4v) is 4.62. The predicted molar refractivity (Wildman–Crippen MR) is 101 cm³/mol. The zero-order chi connectivity index (χ0) is 17.9. The maximum Gasteiger partial charge on any atom is 0.280 e. The van der Waals surface area contributed by atoms with Crippen molar-refractivity contribution in [2.75, 3.05) is 39.6 Å². The van der Waals surface area contributed by atoms with E-state index in [0.29, 0.717) is 15.6 Å². The molecule has 5 heterocycles. The Morgan fingerprint density at radius 3 is 2.23 bits per heavy atom. The van der Waals surface area contributed by atoms with E-state index < -0.39 is 0 Å². The van der Waals surface area contributed by atoms with Gasteiger partial charge in [-0.2, -0.15) is 0 Å². The summed E-state index contributed by atoms with van der Waals surface area (Å²) in [5, 5.41) is 8.41. The Morgan fingerprint density at radius 1 is 1.08 bits per heavy atom. The van der Waals surface area contributed by atoms with E-state index in [4.69, 9.17) is 11.6 Å². The number of H-pyrrole nitrogens is 1. The number of hydrogen-bond donors (Lipinski definition) is 2. The van der Waals surface area contributed by atoms with Crippen LogP contribution in [0.2, 0.25) is 5.02 Å². The van der Waals surface area contributed by atoms with Gasteiger partial charge in [0.15, 0.2) is 0 Å². The van der Waals surface area contributed by atoms with Crippen molar-refractivity contribution in [2.24, 2.45) is 0 Å². The number of aromatic nitrogens is 2. The summed E-state index contributed by atoms with van der Waals surface area (Å²) in [4.78, 5) is 20.2. The number of hydrogen-bond acceptors (Lipinski definition) is 5. The van der Waals surface area contributed by atoms with Gasteiger partial charge in [0, 0.05) is 30.9 Å². The van der Waals surface area contributed by atoms with Crippen LogP contribution in [0.1, 0.15) is 0 Å². The first-order valence-corrected chi connectivity index (χ1v) is 9.10. The van der Waals surface area contributed by atoms with Crippen molar-refractivity contribution in [3.8, 4) is 5.69 Å². The molecule has 26 heavy (non-hydrogen) atoms. The molecule has 6 rings (SSSR count). The second kappa shape index (κ2) is 5.72. The zero-order valence-corrected chi connectivity index (χ0v) is 15.2. The lowest BCUT2D eigenvalue weighted by molar-refractivity contribution is -0.145. The Balaban J connectivity index is 1.48. The summed E-state index contributed by atoms with van der Waals surface area (Å²) in [6.07, 6.45) is 1.84. The van der Waals surface area contributed by atoms with Crippen LogP contribution in [-0.4, -0.2) is 69.7 Å². The number of aromatic amines is 1. The fourth-order valence-electron chi connectivity index (χ4n) is 4.50. The minimum atomic E-state index is -0.115. The second-order valence-electron chi connectivity index (χ2n) is 7.60. The second-order valence-corrected chi connectivity index (χ2v) is 8.04. The molecule has 0 spiro atoms. The molecule has 0 unspecified atom stereocenters. The van der Waals surface area contributed by atoms with E-state index in [1.165, 1.54) is 4.68 Å². The molecule has 1 aromatic carbocycles. The Bertz CT molecular complexity index is 972. The highest BCUT2D eigenvalue weighted by atomic mass is 35.5. The maximum absolute atomic E-state index is 12.8. The van der Waals surface area contributed by atoms with Gasteiger partial charge in [0.1, 0.15) is 0 Å². The predicted octanol–water partition coefficient (Wildman–Crippen LogP) is -0.885. The molecule has 136 valence electrons. The third kappa shape index (κ3) is 2.59. The van der Waals surface area contributed by atoms with Gasteiger partial charge in [-0.1, -0.05) is 18.2 Å². The third-order valence-electron chi connectivity index (χ3n) is 5.39. The number of halogens is 1. The molecule has 2 N–H and O–H groups in total. The minimum Gasteiger partial charge on any atom is -0.381 e. The molecule has 0 radical (unpaired) electrons. The molecule has 4 bridgehead atoms. The molecule has 4 saturated heterocycles. The summed E-state index contributed by atoms with van der Waals surface area (Å²) < 4.78 is 1.50. The average Bonchev–Trinajstić information content (AvgIpc) is 2.87. The summed E-state index contributed by atoms with van der Waals surface area (Å²) in [6, 6.07) is 7.15. The molecule has 0 aliphatic carbocycles. The van der Waals surface area contributed by atoms with E-state index >= 15 is 0 Å². The molecule has 0 atom stereocenters. The highest BCUT2D eigenvalue weighted by molar-refractivity contribution is 6.30. The van der Waals surface area contributed by atoms with E-state index in [1.54, 1.807) is 12.1 Å². The highest BCUT2D eigenvalue weighted by Crippen LogP contribution is 2.28. The number of nitrogens with zero attached hydrogens (tertiary/aromatic N) is 4. The van der Waals surface area contributed by atoms with E-state index in [0.717, 1.165) is 45.3 Å². The summed E-state index contributed by atoms with van der Waals surface area (Å²) in [6.45, 7) is 10.1. The van der Waals surface area contributed by atoms with Gasteiger partial charge in [0.2, 0.25) is 0 Å². The van der Waals surface area contributed by atoms with Crippen LogP contribution in [-0.2, 0) is 0 Å². The van der Waals surface area contributed by atoms with Gasteiger partial charge in [-0.15, -0.1) is 0 Å². The van der Waals surface area contributed by atoms with E-state index in [2.05, 4.69) is 31.7 Å². The molecular weight excluding hydrogens is 352 g/mol. The first-order valence-electron chi connectivity index (χ1n) is 8.72. The van der Waals surface area contributed by atoms with Crippen molar-refractivity contribution in [1.29, 1.82) is 0 Å². The van der Waals surface area contributed by atoms with Crippen molar-refractivity contribution in [3.63, 3.8) is 0 Å². The van der Waals surface area contributed by atoms with Crippen LogP contribution < -0.4 is 21.4 Å². The van der Waals surface area contributed by atoms with Crippen LogP contribution in [0.15, 0.2) is 29.1 Å². The fraction of sp³-hybridized carbons (Fsp3) is 0.389. The lowest BCUT2D eigenvalue weighted by Gasteiger charge is -2.60. The zero-order valence-electron chi connectivity index (χ0n) is 14.4. The molecule has 4 aliphatic rings. The topological polar surface area (TPSA) is 59.5 Å². The van der Waals surface area contributed by atoms with Crippen molar-refractivity contribution in [2.45, 2.75) is 5.54 Å². The third-order valence-corrected chi connectivity index (χ3v) is 5.64. The van der Waals surface area contributed by atoms with Crippen molar-refractivity contribution in [3.05, 3.63) is 50.2 Å². The maximum atomic E-state index is 12.8. The smallest absolute Gasteiger partial charge is 0.280 e. The van der Waals surface area contributed by atoms with Crippen molar-refractivity contribution < 1.29 is 0 Å². The average molecular weight is 373 g/mol. The monoisotopic (exact) mass is 372 g/mol. The van der Waals surface area contributed by atoms with E-state index in [-0.39, 0.29) is 11.1 Å². The minimum absolute atomic E-state index is 0.0317. The Kier molecular flexibility index (Phi) is 3.55. The normalized spacial score (nSPS) is 33.0. The highest BCUT2D eigenvalue weighted by Gasteiger charge is 2.48. The van der Waals surface area contributed by atoms with Gasteiger partial charge in [-0.3, -0.25) is 24.6 Å². The lowest BCUT2D eigenvalue weighted by atomic mass is 9.91. The van der Waals surface area contributed by atoms with Crippen molar-refractivity contribution >= 4 is 24.4 Å². The Hall–Kier alpha value is -2.06. The molecule has 0 saturated carbocycles. The van der Waals surface area contributed by atoms with Crippen LogP contribution in [0, 0.1) is 0 Å². The quantitative estimate of drug-likeness (QED) is 0.732. The molecule has 2 aromatic rings. The molecule has 8 heteroatoms. The number of nitrogens with one attached hydrogen (secondary N) is 2. The number of benzene rings is 1. The van der Waals surface area contributed by atoms with Crippen LogP contribution in [0.4, 0.5) is 0 Å². The summed E-state index contributed by atoms with van der Waals surface area (Å²) in [7, 11) is 0. The molecule has 0 amide bonds. The van der Waals surface area contributed by atoms with E-state index in [1.807, 2.05) is 18.3 Å². The van der Waals surface area contributed by atoms with Gasteiger partial charge >= 0.3 is 0 Å². The molecule has 4 fully saturated rings. The first kappa shape index (κ1) is 16.1. The van der Waals surface area contributed by atoms with Gasteiger partial charge in [0.25, 0.3) is 5.56 Å². The molecular formula is C18H21ClN6O. The van der Waals surface area contributed by atoms with Crippen LogP contribution in [0.25, 0.3) is 18.5 Å². The molecule has 1 aromatic heterocycles. The molecule has 7 nitrogen and oxygen atoms in total. The van der Waals surface area contributed by atoms with Crippen LogP contribution in [0.5, 0.6) is 0 Å². The van der Waals surface area contributed by atoms with Crippen LogP contribution >= 0.6 is 11.6 Å². The largest absolute Gasteiger partial charge is 0.381 e. The SMILES string of the molecule is C=c1[nH]n(-c2ccc(Cl)cc2)c(=O)c1=CNC12CN3CN(CN(C3)C1)C2. The van der Waals surface area contributed by atoms with Crippen LogP contribution in [0.3, 0.4) is 0 Å². The Morgan fingerprint density at radius 2 is 1.65 bits per heavy atom. The van der Waals surface area contributed by atoms with Gasteiger partial charge in [-0.25, -0.2) is 4.68 Å². The first-order chi connectivity index (χ1) is 12.5. The Labute approximate surface area is 155 Å². The lowest BCUT2D eigenvalue weighted by Crippen LogP contribution is -2.79. The van der Waals surface area contributed by atoms with Gasteiger partial charge in [-0.05, 0) is 24.3 Å². The summed E-state index contributed by atoms with van der Waals surface area (Å²) >= 11 is 5.94. The van der Waals surface area contributed by atoms with E-state index in [9.17, 15) is 4.79 Å². The standard InChI is InChI=1S/C18H21ClN6O/c1-13-16(17(26)25(21-13)15-4-2-14(19)3-5-15)6-20-18-7-22-10-23(8-18)12-24(9-18)11-22/h2-6,20-21H,1,7-12H2. The van der Waals surface area contributed by atoms with Gasteiger partial charge in [0.05, 0.1) is 41.8 Å². The summed E-state index contributed by atoms with van der Waals surface area (Å²) in [5.41, 5.74) is 0.591. The number of rotatable bonds is 3. The van der Waals surface area contributed by atoms with Gasteiger partial charge < -0.3 is 5.32 Å². The summed E-state index contributed by atoms with van der Waals surface area (Å²) in [5.74, 6) is 0. The van der Waals surface area contributed by atoms with Crippen molar-refractivity contribution in [1.82, 2.24) is 29.8 Å².